The van der Waals surface area contributed by atoms with Gasteiger partial charge in [0.15, 0.2) is 6.10 Å². The average Bonchev–Trinajstić information content (AvgIpc) is 3.35. The van der Waals surface area contributed by atoms with Crippen LogP contribution in [0.1, 0.15) is 252 Å². The van der Waals surface area contributed by atoms with Crippen LogP contribution in [0.2, 0.25) is 0 Å². The van der Waals surface area contributed by atoms with Gasteiger partial charge in [-0.25, -0.2) is 0 Å². The number of unbranched alkanes of at least 4 members (excludes halogenated alkanes) is 21. The Morgan fingerprint density at radius 1 is 0.304 bits per heavy atom. The van der Waals surface area contributed by atoms with Crippen LogP contribution in [-0.4, -0.2) is 37.2 Å². The molecule has 0 aromatic heterocycles. The van der Waals surface area contributed by atoms with E-state index < -0.39 is 6.10 Å². The second kappa shape index (κ2) is 56.7. The van der Waals surface area contributed by atoms with Crippen LogP contribution in [0.15, 0.2) is 109 Å². The fourth-order valence-electron chi connectivity index (χ4n) is 7.52. The van der Waals surface area contributed by atoms with E-state index in [-0.39, 0.29) is 44.0 Å². The molecule has 0 fully saturated rings. The first-order valence-corrected chi connectivity index (χ1v) is 28.4. The predicted molar refractivity (Wildman–Crippen MR) is 297 cm³/mol. The monoisotopic (exact) mass is 957 g/mol. The Morgan fingerprint density at radius 2 is 0.594 bits per heavy atom. The summed E-state index contributed by atoms with van der Waals surface area (Å²) >= 11 is 0. The minimum atomic E-state index is -0.835. The Balaban J connectivity index is 4.54. The highest BCUT2D eigenvalue weighted by molar-refractivity contribution is 5.71. The maximum Gasteiger partial charge on any atom is 0.306 e. The molecule has 0 radical (unpaired) electrons. The fraction of sp³-hybridized carbons (Fsp3) is 0.667. The van der Waals surface area contributed by atoms with Gasteiger partial charge in [-0.1, -0.05) is 239 Å². The van der Waals surface area contributed by atoms with Crippen molar-refractivity contribution in [1.29, 1.82) is 0 Å². The molecule has 0 bridgehead atoms. The first-order chi connectivity index (χ1) is 34.0. The highest BCUT2D eigenvalue weighted by atomic mass is 16.6. The zero-order chi connectivity index (χ0) is 50.0. The summed E-state index contributed by atoms with van der Waals surface area (Å²) in [6.45, 7) is 6.40. The maximum atomic E-state index is 12.8. The molecular formula is C63H104O6. The molecule has 0 aromatic carbocycles. The van der Waals surface area contributed by atoms with Crippen molar-refractivity contribution in [2.75, 3.05) is 13.2 Å². The van der Waals surface area contributed by atoms with Crippen LogP contribution >= 0.6 is 0 Å². The van der Waals surface area contributed by atoms with Gasteiger partial charge in [0.25, 0.3) is 0 Å². The molecule has 392 valence electrons. The van der Waals surface area contributed by atoms with E-state index in [2.05, 4.69) is 112 Å². The smallest absolute Gasteiger partial charge is 0.306 e. The molecule has 0 aliphatic rings. The third kappa shape index (κ3) is 54.9. The van der Waals surface area contributed by atoms with Crippen molar-refractivity contribution >= 4 is 17.9 Å². The van der Waals surface area contributed by atoms with Gasteiger partial charge in [-0.05, 0) is 103 Å². The summed E-state index contributed by atoms with van der Waals surface area (Å²) in [4.78, 5) is 38.0. The van der Waals surface area contributed by atoms with Crippen LogP contribution in [-0.2, 0) is 28.6 Å². The largest absolute Gasteiger partial charge is 0.462 e. The van der Waals surface area contributed by atoms with Gasteiger partial charge in [-0.3, -0.25) is 14.4 Å². The highest BCUT2D eigenvalue weighted by Gasteiger charge is 2.19. The van der Waals surface area contributed by atoms with Gasteiger partial charge >= 0.3 is 17.9 Å². The van der Waals surface area contributed by atoms with Gasteiger partial charge in [0.1, 0.15) is 13.2 Å². The topological polar surface area (TPSA) is 78.9 Å². The zero-order valence-corrected chi connectivity index (χ0v) is 44.8. The van der Waals surface area contributed by atoms with Crippen LogP contribution in [0.3, 0.4) is 0 Å². The third-order valence-electron chi connectivity index (χ3n) is 11.8. The molecule has 69 heavy (non-hydrogen) atoms. The van der Waals surface area contributed by atoms with E-state index >= 15 is 0 Å². The van der Waals surface area contributed by atoms with Gasteiger partial charge in [-0.2, -0.15) is 0 Å². The summed E-state index contributed by atoms with van der Waals surface area (Å²) < 4.78 is 16.7. The Kier molecular flexibility index (Phi) is 53.4. The van der Waals surface area contributed by atoms with E-state index in [4.69, 9.17) is 14.2 Å². The van der Waals surface area contributed by atoms with Crippen molar-refractivity contribution in [3.63, 3.8) is 0 Å². The average molecular weight is 958 g/mol. The number of carbonyl (C=O) groups excluding carboxylic acids is 3. The summed E-state index contributed by atoms with van der Waals surface area (Å²) in [5, 5.41) is 0. The molecule has 6 heteroatoms. The first kappa shape index (κ1) is 65.1. The molecule has 0 aliphatic heterocycles. The molecule has 0 spiro atoms. The van der Waals surface area contributed by atoms with E-state index in [0.29, 0.717) is 19.3 Å². The first-order valence-electron chi connectivity index (χ1n) is 28.4. The lowest BCUT2D eigenvalue weighted by Crippen LogP contribution is -2.30. The van der Waals surface area contributed by atoms with Crippen LogP contribution in [0.25, 0.3) is 0 Å². The standard InChI is InChI=1S/C63H104O6/c1-4-7-10-13-16-19-22-25-27-29-31-33-35-38-41-44-47-50-53-56-62(65)68-59-60(58-67-61(64)55-52-49-46-43-40-37-24-21-18-15-12-9-6-3)69-63(66)57-54-51-48-45-42-39-36-34-32-30-28-26-23-20-17-14-11-8-5-2/h7,10,16,19,25,27,30-33,37-38,40-41,46-47,49-50,60H,4-6,8-9,11-15,17-18,20-24,26,28-29,34-36,39,42-45,48,51-59H2,1-3H3/b10-7+,19-16+,27-25+,32-30+,33-31+,40-37+,41-38+,49-46+,50-47+. The Hall–Kier alpha value is -3.93. The molecule has 0 rings (SSSR count). The van der Waals surface area contributed by atoms with E-state index in [1.165, 1.54) is 128 Å². The summed E-state index contributed by atoms with van der Waals surface area (Å²) in [6, 6.07) is 0. The van der Waals surface area contributed by atoms with Crippen molar-refractivity contribution in [1.82, 2.24) is 0 Å². The van der Waals surface area contributed by atoms with E-state index in [9.17, 15) is 14.4 Å². The predicted octanol–water partition coefficient (Wildman–Crippen LogP) is 19.1. The molecule has 0 aromatic rings. The van der Waals surface area contributed by atoms with Gasteiger partial charge in [0.05, 0.1) is 0 Å². The zero-order valence-electron chi connectivity index (χ0n) is 44.8. The Morgan fingerprint density at radius 3 is 0.957 bits per heavy atom. The van der Waals surface area contributed by atoms with Crippen LogP contribution in [0.4, 0.5) is 0 Å². The maximum absolute atomic E-state index is 12.8. The molecule has 0 saturated heterocycles. The van der Waals surface area contributed by atoms with E-state index in [1.807, 2.05) is 18.2 Å². The lowest BCUT2D eigenvalue weighted by Gasteiger charge is -2.18. The molecule has 1 unspecified atom stereocenters. The quantitative estimate of drug-likeness (QED) is 0.0262. The Bertz CT molecular complexity index is 1420. The third-order valence-corrected chi connectivity index (χ3v) is 11.8. The minimum absolute atomic E-state index is 0.135. The van der Waals surface area contributed by atoms with Crippen molar-refractivity contribution in [2.45, 2.75) is 258 Å². The SMILES string of the molecule is CC/C=C/C/C=C/C/C=C/C/C=C/C/C=C/C/C=C/CCC(=O)OCC(COC(=O)CC/C=C/C/C=C/CCCCCCCC)OC(=O)CCCCCCCCC/C=C/CCCCCCCCCC. The van der Waals surface area contributed by atoms with Crippen molar-refractivity contribution in [3.8, 4) is 0 Å². The molecule has 0 N–H and O–H groups in total. The number of rotatable bonds is 50. The number of carbonyl (C=O) groups is 3. The molecule has 1 atom stereocenters. The number of esters is 3. The lowest BCUT2D eigenvalue weighted by atomic mass is 10.1. The van der Waals surface area contributed by atoms with E-state index in [1.54, 1.807) is 0 Å². The summed E-state index contributed by atoms with van der Waals surface area (Å²) in [6.07, 6.45) is 76.8. The number of allylic oxidation sites excluding steroid dienone is 18. The highest BCUT2D eigenvalue weighted by Crippen LogP contribution is 2.14. The molecular weight excluding hydrogens is 853 g/mol. The molecule has 6 nitrogen and oxygen atoms in total. The molecule has 0 amide bonds. The normalized spacial score (nSPS) is 12.9. The summed E-state index contributed by atoms with van der Waals surface area (Å²) in [5.41, 5.74) is 0. The second-order valence-electron chi connectivity index (χ2n) is 18.5. The Labute approximate surface area is 425 Å². The van der Waals surface area contributed by atoms with Gasteiger partial charge in [-0.15, -0.1) is 0 Å². The van der Waals surface area contributed by atoms with Crippen LogP contribution in [0, 0.1) is 0 Å². The summed E-state index contributed by atoms with van der Waals surface area (Å²) in [7, 11) is 0. The van der Waals surface area contributed by atoms with Gasteiger partial charge < -0.3 is 14.2 Å². The second-order valence-corrected chi connectivity index (χ2v) is 18.5. The summed E-state index contributed by atoms with van der Waals surface area (Å²) in [5.74, 6) is -1.09. The molecule has 0 saturated carbocycles. The van der Waals surface area contributed by atoms with Crippen molar-refractivity contribution in [2.24, 2.45) is 0 Å². The van der Waals surface area contributed by atoms with Crippen molar-refractivity contribution < 1.29 is 28.6 Å². The fourth-order valence-corrected chi connectivity index (χ4v) is 7.52. The van der Waals surface area contributed by atoms with Gasteiger partial charge in [0.2, 0.25) is 0 Å². The lowest BCUT2D eigenvalue weighted by molar-refractivity contribution is -0.166. The molecule has 0 heterocycles. The van der Waals surface area contributed by atoms with Crippen molar-refractivity contribution in [3.05, 3.63) is 109 Å². The van der Waals surface area contributed by atoms with Gasteiger partial charge in [0, 0.05) is 19.3 Å². The number of hydrogen-bond acceptors (Lipinski definition) is 6. The number of ether oxygens (including phenoxy) is 3. The molecule has 0 aliphatic carbocycles. The minimum Gasteiger partial charge on any atom is -0.462 e. The van der Waals surface area contributed by atoms with Crippen LogP contribution < -0.4 is 0 Å². The van der Waals surface area contributed by atoms with Crippen LogP contribution in [0.5, 0.6) is 0 Å². The number of hydrogen-bond donors (Lipinski definition) is 0. The van der Waals surface area contributed by atoms with E-state index in [0.717, 1.165) is 70.6 Å².